The van der Waals surface area contributed by atoms with E-state index in [0.717, 1.165) is 44.6 Å². The highest BCUT2D eigenvalue weighted by atomic mass is 35.5. The molecule has 4 rings (SSSR count). The van der Waals surface area contributed by atoms with Crippen LogP contribution in [0.15, 0.2) is 6.07 Å². The fourth-order valence-electron chi connectivity index (χ4n) is 4.44. The van der Waals surface area contributed by atoms with Gasteiger partial charge in [0.1, 0.15) is 11.4 Å². The Morgan fingerprint density at radius 3 is 2.90 bits per heavy atom. The number of likely N-dealkylation sites (tertiary alicyclic amines) is 1. The van der Waals surface area contributed by atoms with Crippen LogP contribution >= 0.6 is 11.6 Å². The smallest absolute Gasteiger partial charge is 0.255 e. The van der Waals surface area contributed by atoms with Gasteiger partial charge in [0.2, 0.25) is 0 Å². The summed E-state index contributed by atoms with van der Waals surface area (Å²) in [5.41, 5.74) is 6.21. The topological polar surface area (TPSA) is 76.8 Å². The van der Waals surface area contributed by atoms with E-state index in [-0.39, 0.29) is 12.5 Å². The molecule has 1 aromatic rings. The Labute approximate surface area is 175 Å². The number of amides is 1. The fourth-order valence-corrected chi connectivity index (χ4v) is 4.67. The van der Waals surface area contributed by atoms with Crippen LogP contribution in [0.2, 0.25) is 5.02 Å². The molecule has 29 heavy (non-hydrogen) atoms. The molecule has 3 N–H and O–H groups in total. The van der Waals surface area contributed by atoms with E-state index >= 15 is 4.39 Å². The quantitative estimate of drug-likeness (QED) is 0.709. The molecule has 0 radical (unpaired) electrons. The standard InChI is InChI=1S/C21H29ClFN3O3/c22-17-10-16(19-15(18(17)24)2-1-8-29-19)20(27)25-13-21(23)4-6-26(7-5-21)11-14-3-9-28-12-14/h10,14H,1-9,11-13,24H2,(H,25,27). The first-order valence-electron chi connectivity index (χ1n) is 10.5. The van der Waals surface area contributed by atoms with E-state index in [9.17, 15) is 4.79 Å². The number of alkyl halides is 1. The molecule has 3 aliphatic heterocycles. The number of hydrogen-bond donors (Lipinski definition) is 2. The van der Waals surface area contributed by atoms with Crippen molar-refractivity contribution >= 4 is 23.2 Å². The number of carbonyl (C=O) groups is 1. The van der Waals surface area contributed by atoms with E-state index in [4.69, 9.17) is 26.8 Å². The average molecular weight is 426 g/mol. The Morgan fingerprint density at radius 2 is 2.17 bits per heavy atom. The minimum absolute atomic E-state index is 0.0109. The van der Waals surface area contributed by atoms with Gasteiger partial charge in [-0.15, -0.1) is 0 Å². The molecule has 0 aliphatic carbocycles. The number of piperidine rings is 1. The molecule has 6 nitrogen and oxygen atoms in total. The van der Waals surface area contributed by atoms with Gasteiger partial charge in [0.25, 0.3) is 5.91 Å². The molecular weight excluding hydrogens is 397 g/mol. The highest BCUT2D eigenvalue weighted by molar-refractivity contribution is 6.33. The maximum atomic E-state index is 15.3. The van der Waals surface area contributed by atoms with Gasteiger partial charge in [-0.3, -0.25) is 4.79 Å². The summed E-state index contributed by atoms with van der Waals surface area (Å²) >= 11 is 6.21. The minimum Gasteiger partial charge on any atom is -0.492 e. The van der Waals surface area contributed by atoms with E-state index in [1.807, 2.05) is 0 Å². The first kappa shape index (κ1) is 20.7. The number of carbonyl (C=O) groups excluding carboxylic acids is 1. The molecular formula is C21H29ClFN3O3. The van der Waals surface area contributed by atoms with Crippen LogP contribution < -0.4 is 15.8 Å². The first-order chi connectivity index (χ1) is 14.0. The van der Waals surface area contributed by atoms with Crippen molar-refractivity contribution in [2.24, 2.45) is 5.92 Å². The van der Waals surface area contributed by atoms with Crippen LogP contribution in [0.1, 0.15) is 41.6 Å². The van der Waals surface area contributed by atoms with Crippen molar-refractivity contribution in [3.05, 3.63) is 22.2 Å². The molecule has 1 atom stereocenters. The van der Waals surface area contributed by atoms with Gasteiger partial charge in [0.05, 0.1) is 36.0 Å². The summed E-state index contributed by atoms with van der Waals surface area (Å²) in [6, 6.07) is 1.52. The maximum absolute atomic E-state index is 15.3. The first-order valence-corrected chi connectivity index (χ1v) is 10.8. The Morgan fingerprint density at radius 1 is 1.38 bits per heavy atom. The highest BCUT2D eigenvalue weighted by Gasteiger charge is 2.36. The van der Waals surface area contributed by atoms with Gasteiger partial charge in [0, 0.05) is 31.8 Å². The van der Waals surface area contributed by atoms with E-state index in [1.54, 1.807) is 0 Å². The van der Waals surface area contributed by atoms with Gasteiger partial charge >= 0.3 is 0 Å². The minimum atomic E-state index is -1.39. The number of nitrogen functional groups attached to an aromatic ring is 1. The Balaban J connectivity index is 1.34. The molecule has 0 bridgehead atoms. The van der Waals surface area contributed by atoms with Gasteiger partial charge in [-0.25, -0.2) is 4.39 Å². The summed E-state index contributed by atoms with van der Waals surface area (Å²) in [5.74, 6) is 0.674. The summed E-state index contributed by atoms with van der Waals surface area (Å²) in [6.45, 7) is 4.54. The zero-order valence-electron chi connectivity index (χ0n) is 16.6. The van der Waals surface area contributed by atoms with E-state index in [2.05, 4.69) is 10.2 Å². The predicted molar refractivity (Wildman–Crippen MR) is 110 cm³/mol. The molecule has 3 heterocycles. The van der Waals surface area contributed by atoms with Crippen molar-refractivity contribution in [1.29, 1.82) is 0 Å². The maximum Gasteiger partial charge on any atom is 0.255 e. The van der Waals surface area contributed by atoms with Gasteiger partial charge in [-0.05, 0) is 44.1 Å². The Bertz CT molecular complexity index is 762. The third kappa shape index (κ3) is 4.62. The van der Waals surface area contributed by atoms with Crippen molar-refractivity contribution in [2.75, 3.05) is 51.7 Å². The van der Waals surface area contributed by atoms with Crippen LogP contribution in [0.4, 0.5) is 10.1 Å². The average Bonchev–Trinajstić information content (AvgIpc) is 3.24. The van der Waals surface area contributed by atoms with Crippen LogP contribution in [-0.2, 0) is 11.2 Å². The molecule has 0 aromatic heterocycles. The SMILES string of the molecule is Nc1c(Cl)cc(C(=O)NCC2(F)CCN(CC3CCOC3)CC2)c2c1CCCO2. The van der Waals surface area contributed by atoms with Gasteiger partial charge in [0.15, 0.2) is 0 Å². The summed E-state index contributed by atoms with van der Waals surface area (Å²) in [6.07, 6.45) is 3.46. The lowest BCUT2D eigenvalue weighted by molar-refractivity contribution is 0.0475. The van der Waals surface area contributed by atoms with Crippen LogP contribution in [0.5, 0.6) is 5.75 Å². The molecule has 1 aromatic carbocycles. The van der Waals surface area contributed by atoms with E-state index < -0.39 is 5.67 Å². The monoisotopic (exact) mass is 425 g/mol. The Hall–Kier alpha value is -1.57. The molecule has 2 fully saturated rings. The zero-order chi connectivity index (χ0) is 20.4. The summed E-state index contributed by atoms with van der Waals surface area (Å²) in [7, 11) is 0. The number of fused-ring (bicyclic) bond motifs is 1. The molecule has 1 amide bonds. The molecule has 0 spiro atoms. The number of nitrogens with two attached hydrogens (primary N) is 1. The second-order valence-corrected chi connectivity index (χ2v) is 8.85. The van der Waals surface area contributed by atoms with Crippen molar-refractivity contribution < 1.29 is 18.7 Å². The fraction of sp³-hybridized carbons (Fsp3) is 0.667. The number of benzene rings is 1. The summed E-state index contributed by atoms with van der Waals surface area (Å²) in [5, 5.41) is 3.09. The molecule has 3 aliphatic rings. The van der Waals surface area contributed by atoms with Crippen LogP contribution in [-0.4, -0.2) is 62.5 Å². The Kier molecular flexibility index (Phi) is 6.18. The molecule has 8 heteroatoms. The number of nitrogens with zero attached hydrogens (tertiary/aromatic N) is 1. The van der Waals surface area contributed by atoms with E-state index in [1.165, 1.54) is 6.07 Å². The summed E-state index contributed by atoms with van der Waals surface area (Å²) in [4.78, 5) is 15.1. The largest absolute Gasteiger partial charge is 0.492 e. The number of rotatable bonds is 5. The number of nitrogens with one attached hydrogen (secondary N) is 1. The highest BCUT2D eigenvalue weighted by Crippen LogP contribution is 2.38. The van der Waals surface area contributed by atoms with Crippen molar-refractivity contribution in [1.82, 2.24) is 10.2 Å². The molecule has 160 valence electrons. The van der Waals surface area contributed by atoms with Crippen molar-refractivity contribution in [3.63, 3.8) is 0 Å². The van der Waals surface area contributed by atoms with Crippen LogP contribution in [0.25, 0.3) is 0 Å². The second kappa shape index (κ2) is 8.66. The molecule has 0 saturated carbocycles. The lowest BCUT2D eigenvalue weighted by Gasteiger charge is -2.37. The second-order valence-electron chi connectivity index (χ2n) is 8.44. The number of halogens is 2. The third-order valence-electron chi connectivity index (χ3n) is 6.29. The third-order valence-corrected chi connectivity index (χ3v) is 6.61. The lowest BCUT2D eigenvalue weighted by atomic mass is 9.92. The van der Waals surface area contributed by atoms with Crippen LogP contribution in [0.3, 0.4) is 0 Å². The summed E-state index contributed by atoms with van der Waals surface area (Å²) < 4.78 is 26.4. The van der Waals surface area contributed by atoms with E-state index in [0.29, 0.717) is 60.5 Å². The van der Waals surface area contributed by atoms with Crippen molar-refractivity contribution in [2.45, 2.75) is 37.8 Å². The van der Waals surface area contributed by atoms with Gasteiger partial charge in [-0.1, -0.05) is 11.6 Å². The van der Waals surface area contributed by atoms with Crippen molar-refractivity contribution in [3.8, 4) is 5.75 Å². The number of hydrogen-bond acceptors (Lipinski definition) is 5. The van der Waals surface area contributed by atoms with Gasteiger partial charge in [-0.2, -0.15) is 0 Å². The van der Waals surface area contributed by atoms with Crippen LogP contribution in [0, 0.1) is 5.92 Å². The number of ether oxygens (including phenoxy) is 2. The zero-order valence-corrected chi connectivity index (χ0v) is 17.4. The van der Waals surface area contributed by atoms with Gasteiger partial charge < -0.3 is 25.4 Å². The lowest BCUT2D eigenvalue weighted by Crippen LogP contribution is -2.49. The number of anilines is 1. The predicted octanol–water partition coefficient (Wildman–Crippen LogP) is 2.82. The normalized spacial score (nSPS) is 24.0. The molecule has 1 unspecified atom stereocenters. The molecule has 2 saturated heterocycles.